The van der Waals surface area contributed by atoms with E-state index in [0.717, 1.165) is 30.9 Å². The Labute approximate surface area is 128 Å². The monoisotopic (exact) mass is 295 g/mol. The summed E-state index contributed by atoms with van der Waals surface area (Å²) in [6, 6.07) is 7.78. The minimum atomic E-state index is -0.115. The van der Waals surface area contributed by atoms with E-state index in [1.54, 1.807) is 0 Å². The summed E-state index contributed by atoms with van der Waals surface area (Å²) in [7, 11) is 0. The van der Waals surface area contributed by atoms with Crippen LogP contribution in [-0.4, -0.2) is 33.0 Å². The largest absolute Gasteiger partial charge is 0.494 e. The van der Waals surface area contributed by atoms with Gasteiger partial charge < -0.3 is 19.9 Å². The van der Waals surface area contributed by atoms with Gasteiger partial charge in [-0.25, -0.2) is 0 Å². The van der Waals surface area contributed by atoms with Crippen molar-refractivity contribution in [3.8, 4) is 5.75 Å². The van der Waals surface area contributed by atoms with Gasteiger partial charge in [0.15, 0.2) is 0 Å². The zero-order chi connectivity index (χ0) is 15.5. The van der Waals surface area contributed by atoms with E-state index in [2.05, 4.69) is 20.8 Å². The van der Waals surface area contributed by atoms with Crippen LogP contribution in [0.2, 0.25) is 0 Å². The smallest absolute Gasteiger partial charge is 0.119 e. The average molecular weight is 295 g/mol. The SMILES string of the molecule is CCCOc1ccc(C(N)COCCOCC(C)C)cc1. The highest BCUT2D eigenvalue weighted by molar-refractivity contribution is 5.29. The van der Waals surface area contributed by atoms with Crippen LogP contribution < -0.4 is 10.5 Å². The standard InChI is InChI=1S/C17H29NO3/c1-4-9-21-16-7-5-15(6-8-16)17(18)13-20-11-10-19-12-14(2)3/h5-8,14,17H,4,9-13,18H2,1-3H3. The van der Waals surface area contributed by atoms with Crippen LogP contribution in [0.1, 0.15) is 38.8 Å². The molecular formula is C17H29NO3. The fourth-order valence-corrected chi connectivity index (χ4v) is 1.77. The van der Waals surface area contributed by atoms with E-state index in [0.29, 0.717) is 25.7 Å². The van der Waals surface area contributed by atoms with E-state index in [1.165, 1.54) is 0 Å². The second-order valence-corrected chi connectivity index (χ2v) is 5.57. The molecule has 0 fully saturated rings. The summed E-state index contributed by atoms with van der Waals surface area (Å²) in [6.07, 6.45) is 1.01. The van der Waals surface area contributed by atoms with Gasteiger partial charge in [-0.3, -0.25) is 0 Å². The molecule has 0 radical (unpaired) electrons. The molecule has 1 rings (SSSR count). The zero-order valence-electron chi connectivity index (χ0n) is 13.5. The molecule has 0 amide bonds. The third-order valence-corrected chi connectivity index (χ3v) is 2.90. The number of rotatable bonds is 11. The Morgan fingerprint density at radius 1 is 0.952 bits per heavy atom. The number of ether oxygens (including phenoxy) is 3. The number of hydrogen-bond acceptors (Lipinski definition) is 4. The third-order valence-electron chi connectivity index (χ3n) is 2.90. The fourth-order valence-electron chi connectivity index (χ4n) is 1.77. The van der Waals surface area contributed by atoms with Gasteiger partial charge in [-0.2, -0.15) is 0 Å². The van der Waals surface area contributed by atoms with Gasteiger partial charge in [-0.05, 0) is 30.0 Å². The molecule has 1 aromatic carbocycles. The van der Waals surface area contributed by atoms with Crippen LogP contribution in [0.5, 0.6) is 5.75 Å². The van der Waals surface area contributed by atoms with Crippen molar-refractivity contribution < 1.29 is 14.2 Å². The van der Waals surface area contributed by atoms with E-state index < -0.39 is 0 Å². The third kappa shape index (κ3) is 8.05. The van der Waals surface area contributed by atoms with Gasteiger partial charge >= 0.3 is 0 Å². The number of hydrogen-bond donors (Lipinski definition) is 1. The molecule has 4 nitrogen and oxygen atoms in total. The predicted octanol–water partition coefficient (Wildman–Crippen LogP) is 3.16. The Bertz CT molecular complexity index is 365. The van der Waals surface area contributed by atoms with Gasteiger partial charge in [0.1, 0.15) is 5.75 Å². The maximum absolute atomic E-state index is 6.10. The first-order chi connectivity index (χ1) is 10.1. The molecule has 0 saturated heterocycles. The molecule has 120 valence electrons. The minimum absolute atomic E-state index is 0.115. The fraction of sp³-hybridized carbons (Fsp3) is 0.647. The van der Waals surface area contributed by atoms with Gasteiger partial charge in [0.2, 0.25) is 0 Å². The van der Waals surface area contributed by atoms with Crippen molar-refractivity contribution in [2.24, 2.45) is 11.7 Å². The lowest BCUT2D eigenvalue weighted by Gasteiger charge is -2.14. The quantitative estimate of drug-likeness (QED) is 0.637. The van der Waals surface area contributed by atoms with Gasteiger partial charge in [0, 0.05) is 6.61 Å². The predicted molar refractivity (Wildman–Crippen MR) is 85.6 cm³/mol. The lowest BCUT2D eigenvalue weighted by atomic mass is 10.1. The number of benzene rings is 1. The molecule has 0 heterocycles. The lowest BCUT2D eigenvalue weighted by molar-refractivity contribution is 0.0333. The van der Waals surface area contributed by atoms with E-state index in [-0.39, 0.29) is 6.04 Å². The van der Waals surface area contributed by atoms with Crippen molar-refractivity contribution in [1.29, 1.82) is 0 Å². The summed E-state index contributed by atoms with van der Waals surface area (Å²) in [4.78, 5) is 0. The van der Waals surface area contributed by atoms with Crippen LogP contribution in [0.25, 0.3) is 0 Å². The summed E-state index contributed by atoms with van der Waals surface area (Å²) >= 11 is 0. The van der Waals surface area contributed by atoms with E-state index in [4.69, 9.17) is 19.9 Å². The highest BCUT2D eigenvalue weighted by atomic mass is 16.5. The lowest BCUT2D eigenvalue weighted by Crippen LogP contribution is -2.19. The summed E-state index contributed by atoms with van der Waals surface area (Å²) in [5, 5.41) is 0. The molecule has 21 heavy (non-hydrogen) atoms. The van der Waals surface area contributed by atoms with Crippen LogP contribution in [0.3, 0.4) is 0 Å². The zero-order valence-corrected chi connectivity index (χ0v) is 13.5. The van der Waals surface area contributed by atoms with Gasteiger partial charge in [-0.1, -0.05) is 32.9 Å². The molecule has 0 aliphatic rings. The maximum Gasteiger partial charge on any atom is 0.119 e. The first-order valence-electron chi connectivity index (χ1n) is 7.77. The van der Waals surface area contributed by atoms with Crippen LogP contribution in [0, 0.1) is 5.92 Å². The topological polar surface area (TPSA) is 53.7 Å². The van der Waals surface area contributed by atoms with Gasteiger partial charge in [-0.15, -0.1) is 0 Å². The summed E-state index contributed by atoms with van der Waals surface area (Å²) < 4.78 is 16.5. The first kappa shape index (κ1) is 18.0. The Hall–Kier alpha value is -1.10. The van der Waals surface area contributed by atoms with Crippen LogP contribution in [0.15, 0.2) is 24.3 Å². The molecule has 1 atom stereocenters. The Morgan fingerprint density at radius 2 is 1.57 bits per heavy atom. The van der Waals surface area contributed by atoms with Crippen molar-refractivity contribution in [3.63, 3.8) is 0 Å². The molecule has 2 N–H and O–H groups in total. The van der Waals surface area contributed by atoms with Crippen molar-refractivity contribution in [3.05, 3.63) is 29.8 Å². The maximum atomic E-state index is 6.10. The molecule has 0 bridgehead atoms. The van der Waals surface area contributed by atoms with E-state index in [1.807, 2.05) is 24.3 Å². The van der Waals surface area contributed by atoms with Crippen molar-refractivity contribution in [1.82, 2.24) is 0 Å². The minimum Gasteiger partial charge on any atom is -0.494 e. The molecule has 0 aromatic heterocycles. The summed E-state index contributed by atoms with van der Waals surface area (Å²) in [5.41, 5.74) is 7.16. The van der Waals surface area contributed by atoms with Gasteiger partial charge in [0.25, 0.3) is 0 Å². The average Bonchev–Trinajstić information content (AvgIpc) is 2.48. The molecule has 0 aliphatic carbocycles. The highest BCUT2D eigenvalue weighted by Gasteiger charge is 2.06. The Balaban J connectivity index is 2.20. The molecule has 1 aromatic rings. The van der Waals surface area contributed by atoms with Crippen molar-refractivity contribution in [2.45, 2.75) is 33.2 Å². The molecule has 4 heteroatoms. The van der Waals surface area contributed by atoms with E-state index >= 15 is 0 Å². The van der Waals surface area contributed by atoms with Gasteiger partial charge in [0.05, 0.1) is 32.5 Å². The van der Waals surface area contributed by atoms with Crippen molar-refractivity contribution >= 4 is 0 Å². The highest BCUT2D eigenvalue weighted by Crippen LogP contribution is 2.16. The van der Waals surface area contributed by atoms with E-state index in [9.17, 15) is 0 Å². The second kappa shape index (κ2) is 10.6. The molecule has 0 spiro atoms. The van der Waals surface area contributed by atoms with Crippen LogP contribution in [0.4, 0.5) is 0 Å². The first-order valence-corrected chi connectivity index (χ1v) is 7.77. The Morgan fingerprint density at radius 3 is 2.14 bits per heavy atom. The van der Waals surface area contributed by atoms with Crippen LogP contribution in [-0.2, 0) is 9.47 Å². The molecule has 0 aliphatic heterocycles. The van der Waals surface area contributed by atoms with Crippen LogP contribution >= 0.6 is 0 Å². The molecule has 1 unspecified atom stereocenters. The molecule has 0 saturated carbocycles. The normalized spacial score (nSPS) is 12.6. The summed E-state index contributed by atoms with van der Waals surface area (Å²) in [6.45, 7) is 9.56. The Kier molecular flexibility index (Phi) is 9.06. The second-order valence-electron chi connectivity index (χ2n) is 5.57. The summed E-state index contributed by atoms with van der Waals surface area (Å²) in [5.74, 6) is 1.44. The molecular weight excluding hydrogens is 266 g/mol. The van der Waals surface area contributed by atoms with Crippen molar-refractivity contribution in [2.75, 3.05) is 33.0 Å². The number of nitrogens with two attached hydrogens (primary N) is 1.